The molecule has 0 spiro atoms. The Morgan fingerprint density at radius 1 is 0.968 bits per heavy atom. The van der Waals surface area contributed by atoms with Crippen molar-refractivity contribution in [1.82, 2.24) is 4.90 Å². The van der Waals surface area contributed by atoms with E-state index < -0.39 is 21.1 Å². The summed E-state index contributed by atoms with van der Waals surface area (Å²) in [5.41, 5.74) is 0. The van der Waals surface area contributed by atoms with Gasteiger partial charge in [-0.25, -0.2) is 8.42 Å². The topological polar surface area (TPSA) is 54.5 Å². The summed E-state index contributed by atoms with van der Waals surface area (Å²) >= 11 is 0. The van der Waals surface area contributed by atoms with E-state index in [1.807, 2.05) is 0 Å². The van der Waals surface area contributed by atoms with Crippen LogP contribution in [0.4, 0.5) is 0 Å². The zero-order chi connectivity index (χ0) is 23.1. The average Bonchev–Trinajstić information content (AvgIpc) is 2.76. The molecule has 0 unspecified atom stereocenters. The van der Waals surface area contributed by atoms with E-state index in [0.717, 1.165) is 19.3 Å². The number of carbonyl (C=O) groups is 1. The SMILES string of the molecule is C=CCN(C(C)=O)[C@H](CCCCCCCCCCC)[C@H](C=C)S(=O)(=O)c1ccccc1. The van der Waals surface area contributed by atoms with E-state index in [4.69, 9.17) is 0 Å². The smallest absolute Gasteiger partial charge is 0.220 e. The van der Waals surface area contributed by atoms with Crippen LogP contribution in [0.5, 0.6) is 0 Å². The summed E-state index contributed by atoms with van der Waals surface area (Å²) in [6, 6.07) is 7.98. The molecule has 31 heavy (non-hydrogen) atoms. The summed E-state index contributed by atoms with van der Waals surface area (Å²) in [6.07, 6.45) is 14.5. The van der Waals surface area contributed by atoms with Crippen LogP contribution in [0.1, 0.15) is 78.1 Å². The molecular weight excluding hydrogens is 406 g/mol. The summed E-state index contributed by atoms with van der Waals surface area (Å²) in [4.78, 5) is 14.3. The molecule has 0 fully saturated rings. The molecule has 1 rings (SSSR count). The molecule has 1 aromatic rings. The lowest BCUT2D eigenvalue weighted by atomic mass is 10.0. The quantitative estimate of drug-likeness (QED) is 0.207. The molecule has 0 saturated heterocycles. The van der Waals surface area contributed by atoms with Crippen LogP contribution < -0.4 is 0 Å². The monoisotopic (exact) mass is 447 g/mol. The number of carbonyl (C=O) groups excluding carboxylic acids is 1. The molecule has 0 N–H and O–H groups in total. The Labute approximate surface area is 190 Å². The van der Waals surface area contributed by atoms with Gasteiger partial charge in [0.05, 0.1) is 10.9 Å². The van der Waals surface area contributed by atoms with Crippen LogP contribution in [-0.2, 0) is 14.6 Å². The maximum atomic E-state index is 13.4. The molecule has 0 aliphatic rings. The number of sulfone groups is 1. The summed E-state index contributed by atoms with van der Waals surface area (Å²) in [5.74, 6) is -0.143. The highest BCUT2D eigenvalue weighted by Gasteiger charge is 2.36. The molecule has 0 radical (unpaired) electrons. The van der Waals surface area contributed by atoms with Crippen molar-refractivity contribution in [3.8, 4) is 0 Å². The summed E-state index contributed by atoms with van der Waals surface area (Å²) in [6.45, 7) is 11.6. The highest BCUT2D eigenvalue weighted by atomic mass is 32.2. The first-order chi connectivity index (χ1) is 14.9. The number of amides is 1. The molecule has 5 heteroatoms. The van der Waals surface area contributed by atoms with Gasteiger partial charge < -0.3 is 4.90 Å². The third-order valence-electron chi connectivity index (χ3n) is 5.78. The Kier molecular flexibility index (Phi) is 13.1. The lowest BCUT2D eigenvalue weighted by molar-refractivity contribution is -0.130. The van der Waals surface area contributed by atoms with Gasteiger partial charge in [-0.05, 0) is 18.6 Å². The van der Waals surface area contributed by atoms with Gasteiger partial charge in [0.15, 0.2) is 9.84 Å². The van der Waals surface area contributed by atoms with Crippen molar-refractivity contribution in [1.29, 1.82) is 0 Å². The molecule has 174 valence electrons. The van der Waals surface area contributed by atoms with Crippen LogP contribution in [0, 0.1) is 0 Å². The lowest BCUT2D eigenvalue weighted by Crippen LogP contribution is -2.48. The fraction of sp³-hybridized carbons (Fsp3) is 0.577. The molecule has 0 aliphatic carbocycles. The van der Waals surface area contributed by atoms with Crippen molar-refractivity contribution in [3.63, 3.8) is 0 Å². The second-order valence-corrected chi connectivity index (χ2v) is 10.3. The molecule has 0 saturated carbocycles. The fourth-order valence-electron chi connectivity index (χ4n) is 4.06. The maximum Gasteiger partial charge on any atom is 0.220 e. The van der Waals surface area contributed by atoms with Gasteiger partial charge in [-0.2, -0.15) is 0 Å². The first-order valence-electron chi connectivity index (χ1n) is 11.7. The lowest BCUT2D eigenvalue weighted by Gasteiger charge is -2.34. The minimum Gasteiger partial charge on any atom is -0.335 e. The number of nitrogens with zero attached hydrogens (tertiary/aromatic N) is 1. The summed E-state index contributed by atoms with van der Waals surface area (Å²) in [7, 11) is -3.65. The minimum atomic E-state index is -3.65. The molecule has 4 nitrogen and oxygen atoms in total. The maximum absolute atomic E-state index is 13.4. The van der Waals surface area contributed by atoms with Crippen LogP contribution >= 0.6 is 0 Å². The molecule has 0 aromatic heterocycles. The molecular formula is C26H41NO3S. The van der Waals surface area contributed by atoms with Crippen molar-refractivity contribution in [2.75, 3.05) is 6.54 Å². The van der Waals surface area contributed by atoms with Crippen LogP contribution in [0.25, 0.3) is 0 Å². The standard InChI is InChI=1S/C26H41NO3S/c1-5-8-9-10-11-12-13-14-18-21-25(27(22-6-2)23(4)28)26(7-3)31(29,30)24-19-16-15-17-20-24/h6-7,15-17,19-20,25-26H,2-3,5,8-14,18,21-22H2,1,4H3/t25-,26+/m1/s1. The highest BCUT2D eigenvalue weighted by Crippen LogP contribution is 2.26. The Bertz CT molecular complexity index is 758. The van der Waals surface area contributed by atoms with Gasteiger partial charge in [-0.15, -0.1) is 13.2 Å². The van der Waals surface area contributed by atoms with Crippen molar-refractivity contribution in [2.45, 2.75) is 94.2 Å². The third-order valence-corrected chi connectivity index (χ3v) is 7.93. The van der Waals surface area contributed by atoms with Gasteiger partial charge in [0, 0.05) is 13.5 Å². The van der Waals surface area contributed by atoms with Gasteiger partial charge in [0.25, 0.3) is 0 Å². The second-order valence-electron chi connectivity index (χ2n) is 8.20. The van der Waals surface area contributed by atoms with Crippen molar-refractivity contribution in [2.24, 2.45) is 0 Å². The Morgan fingerprint density at radius 2 is 1.52 bits per heavy atom. The predicted molar refractivity (Wildman–Crippen MR) is 131 cm³/mol. The number of unbranched alkanes of at least 4 members (excludes halogenated alkanes) is 8. The van der Waals surface area contributed by atoms with Crippen LogP contribution in [-0.4, -0.2) is 37.1 Å². The normalized spacial score (nSPS) is 13.4. The highest BCUT2D eigenvalue weighted by molar-refractivity contribution is 7.92. The Morgan fingerprint density at radius 3 is 2.00 bits per heavy atom. The number of benzene rings is 1. The van der Waals surface area contributed by atoms with E-state index in [1.54, 1.807) is 41.3 Å². The van der Waals surface area contributed by atoms with E-state index in [1.165, 1.54) is 51.5 Å². The predicted octanol–water partition coefficient (Wildman–Crippen LogP) is 6.34. The van der Waals surface area contributed by atoms with E-state index in [0.29, 0.717) is 13.0 Å². The second kappa shape index (κ2) is 15.0. The molecule has 2 atom stereocenters. The number of hydrogen-bond acceptors (Lipinski definition) is 3. The molecule has 0 bridgehead atoms. The Balaban J connectivity index is 2.87. The third kappa shape index (κ3) is 9.02. The Hall–Kier alpha value is -1.88. The van der Waals surface area contributed by atoms with Crippen LogP contribution in [0.3, 0.4) is 0 Å². The zero-order valence-corrected chi connectivity index (χ0v) is 20.3. The molecule has 1 amide bonds. The van der Waals surface area contributed by atoms with Gasteiger partial charge in [0.1, 0.15) is 5.25 Å². The van der Waals surface area contributed by atoms with Gasteiger partial charge in [0.2, 0.25) is 5.91 Å². The summed E-state index contributed by atoms with van der Waals surface area (Å²) < 4.78 is 26.7. The van der Waals surface area contributed by atoms with Crippen molar-refractivity contribution in [3.05, 3.63) is 55.6 Å². The zero-order valence-electron chi connectivity index (χ0n) is 19.5. The van der Waals surface area contributed by atoms with E-state index in [2.05, 4.69) is 20.1 Å². The first-order valence-corrected chi connectivity index (χ1v) is 13.2. The van der Waals surface area contributed by atoms with Crippen molar-refractivity contribution >= 4 is 15.7 Å². The molecule has 0 heterocycles. The van der Waals surface area contributed by atoms with E-state index in [9.17, 15) is 13.2 Å². The molecule has 1 aromatic carbocycles. The van der Waals surface area contributed by atoms with Gasteiger partial charge >= 0.3 is 0 Å². The molecule has 0 aliphatic heterocycles. The van der Waals surface area contributed by atoms with Crippen molar-refractivity contribution < 1.29 is 13.2 Å². The minimum absolute atomic E-state index is 0.143. The first kappa shape index (κ1) is 27.2. The van der Waals surface area contributed by atoms with Gasteiger partial charge in [-0.1, -0.05) is 95.1 Å². The van der Waals surface area contributed by atoms with E-state index >= 15 is 0 Å². The van der Waals surface area contributed by atoms with Gasteiger partial charge in [-0.3, -0.25) is 4.79 Å². The average molecular weight is 448 g/mol. The largest absolute Gasteiger partial charge is 0.335 e. The van der Waals surface area contributed by atoms with Crippen LogP contribution in [0.2, 0.25) is 0 Å². The summed E-state index contributed by atoms with van der Waals surface area (Å²) in [5, 5.41) is -0.854. The van der Waals surface area contributed by atoms with E-state index in [-0.39, 0.29) is 10.8 Å². The fourth-order valence-corrected chi connectivity index (χ4v) is 5.86. The number of rotatable bonds is 17. The number of hydrogen-bond donors (Lipinski definition) is 0. The van der Waals surface area contributed by atoms with Crippen LogP contribution in [0.15, 0.2) is 60.5 Å².